The van der Waals surface area contributed by atoms with Gasteiger partial charge in [-0.25, -0.2) is 8.78 Å². The fourth-order valence-electron chi connectivity index (χ4n) is 1.55. The zero-order chi connectivity index (χ0) is 13.8. The Kier molecular flexibility index (Phi) is 5.41. The van der Waals surface area contributed by atoms with Gasteiger partial charge in [0.25, 0.3) is 0 Å². The van der Waals surface area contributed by atoms with Gasteiger partial charge in [-0.05, 0) is 36.9 Å². The largest absolute Gasteiger partial charge is 0.330 e. The van der Waals surface area contributed by atoms with Gasteiger partial charge in [-0.15, -0.1) is 0 Å². The molecule has 0 radical (unpaired) electrons. The van der Waals surface area contributed by atoms with E-state index in [1.807, 2.05) is 13.8 Å². The minimum absolute atomic E-state index is 0.00550. The molecule has 0 aliphatic rings. The second kappa shape index (κ2) is 6.38. The number of hydrogen-bond acceptors (Lipinski definition) is 2. The molecule has 0 saturated carbocycles. The molecule has 1 aromatic carbocycles. The van der Waals surface area contributed by atoms with E-state index in [2.05, 4.69) is 0 Å². The van der Waals surface area contributed by atoms with E-state index in [-0.39, 0.29) is 10.3 Å². The van der Waals surface area contributed by atoms with Gasteiger partial charge in [0.1, 0.15) is 11.6 Å². The number of hydrogen-bond donors (Lipinski definition) is 1. The molecule has 5 heteroatoms. The lowest BCUT2D eigenvalue weighted by molar-refractivity contribution is 0.344. The van der Waals surface area contributed by atoms with Crippen molar-refractivity contribution in [1.82, 2.24) is 0 Å². The summed E-state index contributed by atoms with van der Waals surface area (Å²) in [4.78, 5) is 0.0713. The second-order valence-corrected chi connectivity index (χ2v) is 6.64. The molecule has 0 amide bonds. The summed E-state index contributed by atoms with van der Waals surface area (Å²) in [6.45, 7) is 4.63. The van der Waals surface area contributed by atoms with Crippen molar-refractivity contribution < 1.29 is 13.0 Å². The maximum absolute atomic E-state index is 13.4. The molecule has 0 fully saturated rings. The lowest BCUT2D eigenvalue weighted by Gasteiger charge is -2.21. The molecule has 102 valence electrons. The average molecular weight is 275 g/mol. The van der Waals surface area contributed by atoms with Gasteiger partial charge in [0.2, 0.25) is 0 Å². The SMILES string of the molecule is CC(C)(CN)CCCS(=O)c1ccc(F)cc1F. The summed E-state index contributed by atoms with van der Waals surface area (Å²) in [5.41, 5.74) is 5.60. The van der Waals surface area contributed by atoms with Crippen molar-refractivity contribution in [1.29, 1.82) is 0 Å². The summed E-state index contributed by atoms with van der Waals surface area (Å²) in [5, 5.41) is 0. The molecule has 2 N–H and O–H groups in total. The van der Waals surface area contributed by atoms with Crippen molar-refractivity contribution in [2.24, 2.45) is 11.1 Å². The van der Waals surface area contributed by atoms with Crippen molar-refractivity contribution in [3.8, 4) is 0 Å². The summed E-state index contributed by atoms with van der Waals surface area (Å²) in [5.74, 6) is -1.03. The zero-order valence-corrected chi connectivity index (χ0v) is 11.5. The van der Waals surface area contributed by atoms with Crippen LogP contribution in [0.2, 0.25) is 0 Å². The highest BCUT2D eigenvalue weighted by Gasteiger charge is 2.17. The van der Waals surface area contributed by atoms with Gasteiger partial charge in [-0.3, -0.25) is 4.21 Å². The molecule has 0 aliphatic carbocycles. The molecular formula is C13H19F2NOS. The highest BCUT2D eigenvalue weighted by Crippen LogP contribution is 2.22. The minimum atomic E-state index is -1.42. The van der Waals surface area contributed by atoms with Crippen LogP contribution >= 0.6 is 0 Å². The van der Waals surface area contributed by atoms with Gasteiger partial charge in [0.05, 0.1) is 15.7 Å². The molecule has 0 bridgehead atoms. The third-order valence-corrected chi connectivity index (χ3v) is 4.36. The van der Waals surface area contributed by atoms with Crippen molar-refractivity contribution >= 4 is 10.8 Å². The Balaban J connectivity index is 2.56. The Morgan fingerprint density at radius 2 is 2.00 bits per heavy atom. The normalized spacial score (nSPS) is 13.6. The zero-order valence-electron chi connectivity index (χ0n) is 10.7. The standard InChI is InChI=1S/C13H19F2NOS/c1-13(2,9-16)6-3-7-18(17)12-5-4-10(14)8-11(12)15/h4-5,8H,3,6-7,9,16H2,1-2H3. The van der Waals surface area contributed by atoms with E-state index in [1.165, 1.54) is 6.07 Å². The first-order chi connectivity index (χ1) is 8.35. The summed E-state index contributed by atoms with van der Waals surface area (Å²) in [6.07, 6.45) is 1.53. The molecule has 0 spiro atoms. The second-order valence-electron chi connectivity index (χ2n) is 5.10. The molecule has 0 aliphatic heterocycles. The fourth-order valence-corrected chi connectivity index (χ4v) is 2.68. The Labute approximate surface area is 109 Å². The molecule has 1 rings (SSSR count). The molecule has 18 heavy (non-hydrogen) atoms. The monoisotopic (exact) mass is 275 g/mol. The lowest BCUT2D eigenvalue weighted by Crippen LogP contribution is -2.23. The highest BCUT2D eigenvalue weighted by molar-refractivity contribution is 7.85. The smallest absolute Gasteiger partial charge is 0.142 e. The molecule has 0 saturated heterocycles. The molecule has 1 unspecified atom stereocenters. The maximum atomic E-state index is 13.4. The predicted octanol–water partition coefficient (Wildman–Crippen LogP) is 2.84. The van der Waals surface area contributed by atoms with Gasteiger partial charge >= 0.3 is 0 Å². The van der Waals surface area contributed by atoms with Crippen LogP contribution in [0.3, 0.4) is 0 Å². The van der Waals surface area contributed by atoms with Gasteiger partial charge < -0.3 is 5.73 Å². The van der Waals surface area contributed by atoms with Gasteiger partial charge in [-0.2, -0.15) is 0 Å². The van der Waals surface area contributed by atoms with Gasteiger partial charge in [0, 0.05) is 11.8 Å². The van der Waals surface area contributed by atoms with E-state index in [4.69, 9.17) is 5.73 Å². The van der Waals surface area contributed by atoms with Crippen LogP contribution in [0.25, 0.3) is 0 Å². The molecule has 0 heterocycles. The number of nitrogens with two attached hydrogens (primary N) is 1. The highest BCUT2D eigenvalue weighted by atomic mass is 32.2. The minimum Gasteiger partial charge on any atom is -0.330 e. The van der Waals surface area contributed by atoms with Gasteiger partial charge in [-0.1, -0.05) is 13.8 Å². The first kappa shape index (κ1) is 15.2. The van der Waals surface area contributed by atoms with Crippen LogP contribution in [0.5, 0.6) is 0 Å². The van der Waals surface area contributed by atoms with E-state index in [0.717, 1.165) is 18.6 Å². The fraction of sp³-hybridized carbons (Fsp3) is 0.538. The van der Waals surface area contributed by atoms with E-state index < -0.39 is 22.4 Å². The van der Waals surface area contributed by atoms with Crippen molar-refractivity contribution in [2.45, 2.75) is 31.6 Å². The number of benzene rings is 1. The van der Waals surface area contributed by atoms with Crippen molar-refractivity contribution in [3.05, 3.63) is 29.8 Å². The van der Waals surface area contributed by atoms with Crippen LogP contribution in [-0.2, 0) is 10.8 Å². The Bertz CT molecular complexity index is 435. The van der Waals surface area contributed by atoms with Crippen LogP contribution < -0.4 is 5.73 Å². The van der Waals surface area contributed by atoms with Crippen LogP contribution in [0.4, 0.5) is 8.78 Å². The van der Waals surface area contributed by atoms with Crippen LogP contribution in [-0.4, -0.2) is 16.5 Å². The molecule has 0 aromatic heterocycles. The first-order valence-electron chi connectivity index (χ1n) is 5.89. The molecular weight excluding hydrogens is 256 g/mol. The van der Waals surface area contributed by atoms with Gasteiger partial charge in [0.15, 0.2) is 0 Å². The van der Waals surface area contributed by atoms with E-state index in [0.29, 0.717) is 18.7 Å². The molecule has 1 atom stereocenters. The predicted molar refractivity (Wildman–Crippen MR) is 69.7 cm³/mol. The van der Waals surface area contributed by atoms with E-state index >= 15 is 0 Å². The summed E-state index contributed by atoms with van der Waals surface area (Å²) >= 11 is 0. The molecule has 1 aromatic rings. The summed E-state index contributed by atoms with van der Waals surface area (Å²) < 4.78 is 38.0. The summed E-state index contributed by atoms with van der Waals surface area (Å²) in [6, 6.07) is 3.13. The Morgan fingerprint density at radius 1 is 1.33 bits per heavy atom. The first-order valence-corrected chi connectivity index (χ1v) is 7.21. The third-order valence-electron chi connectivity index (χ3n) is 2.88. The molecule has 2 nitrogen and oxygen atoms in total. The van der Waals surface area contributed by atoms with E-state index in [9.17, 15) is 13.0 Å². The van der Waals surface area contributed by atoms with Crippen molar-refractivity contribution in [3.63, 3.8) is 0 Å². The maximum Gasteiger partial charge on any atom is 0.142 e. The van der Waals surface area contributed by atoms with Crippen molar-refractivity contribution in [2.75, 3.05) is 12.3 Å². The van der Waals surface area contributed by atoms with E-state index in [1.54, 1.807) is 0 Å². The lowest BCUT2D eigenvalue weighted by atomic mass is 9.88. The number of halogens is 2. The van der Waals surface area contributed by atoms with Crippen LogP contribution in [0, 0.1) is 17.0 Å². The Hall–Kier alpha value is -0.810. The third kappa shape index (κ3) is 4.46. The van der Waals surface area contributed by atoms with Crippen LogP contribution in [0.15, 0.2) is 23.1 Å². The Morgan fingerprint density at radius 3 is 2.56 bits per heavy atom. The topological polar surface area (TPSA) is 43.1 Å². The average Bonchev–Trinajstić information content (AvgIpc) is 2.28. The summed E-state index contributed by atoms with van der Waals surface area (Å²) in [7, 11) is -1.42. The van der Waals surface area contributed by atoms with Crippen LogP contribution in [0.1, 0.15) is 26.7 Å². The quantitative estimate of drug-likeness (QED) is 0.867. The number of rotatable bonds is 6.